The largest absolute Gasteiger partial charge is 0.465 e. The molecule has 0 aromatic carbocycles. The van der Waals surface area contributed by atoms with Gasteiger partial charge in [-0.1, -0.05) is 0 Å². The zero-order valence-corrected chi connectivity index (χ0v) is 13.7. The van der Waals surface area contributed by atoms with Crippen LogP contribution in [-0.4, -0.2) is 45.3 Å². The van der Waals surface area contributed by atoms with Crippen LogP contribution in [0.25, 0.3) is 0 Å². The van der Waals surface area contributed by atoms with E-state index in [9.17, 15) is 9.59 Å². The molecule has 2 aromatic rings. The minimum absolute atomic E-state index is 0.109. The molecule has 3 heterocycles. The summed E-state index contributed by atoms with van der Waals surface area (Å²) in [5, 5.41) is 12.5. The maximum Gasteiger partial charge on any atom is 0.350 e. The minimum atomic E-state index is -0.457. The van der Waals surface area contributed by atoms with Gasteiger partial charge in [0.2, 0.25) is 0 Å². The zero-order valence-electron chi connectivity index (χ0n) is 12.9. The summed E-state index contributed by atoms with van der Waals surface area (Å²) in [7, 11) is 3.18. The SMILES string of the molecule is COC(=O)c1sccc1NC(=O)N1CCC[C@@H]1c1nncn1C. The average molecular weight is 335 g/mol. The molecule has 8 nitrogen and oxygen atoms in total. The van der Waals surface area contributed by atoms with Crippen LogP contribution >= 0.6 is 11.3 Å². The lowest BCUT2D eigenvalue weighted by Crippen LogP contribution is -2.35. The number of anilines is 1. The Morgan fingerprint density at radius 1 is 1.48 bits per heavy atom. The third-order valence-corrected chi connectivity index (χ3v) is 4.73. The van der Waals surface area contributed by atoms with Gasteiger partial charge < -0.3 is 19.5 Å². The van der Waals surface area contributed by atoms with Crippen molar-refractivity contribution in [3.05, 3.63) is 28.5 Å². The third-order valence-electron chi connectivity index (χ3n) is 3.84. The molecule has 1 saturated heterocycles. The predicted molar refractivity (Wildman–Crippen MR) is 84.4 cm³/mol. The summed E-state index contributed by atoms with van der Waals surface area (Å²) in [6.45, 7) is 0.640. The Morgan fingerprint density at radius 3 is 3.00 bits per heavy atom. The number of methoxy groups -OCH3 is 1. The van der Waals surface area contributed by atoms with E-state index < -0.39 is 5.97 Å². The van der Waals surface area contributed by atoms with E-state index >= 15 is 0 Å². The highest BCUT2D eigenvalue weighted by Gasteiger charge is 2.33. The highest BCUT2D eigenvalue weighted by molar-refractivity contribution is 7.12. The lowest BCUT2D eigenvalue weighted by atomic mass is 10.2. The molecule has 1 atom stereocenters. The molecule has 0 radical (unpaired) electrons. The monoisotopic (exact) mass is 335 g/mol. The van der Waals surface area contributed by atoms with E-state index in [0.29, 0.717) is 17.1 Å². The molecule has 122 valence electrons. The Kier molecular flexibility index (Phi) is 4.28. The topological polar surface area (TPSA) is 89.3 Å². The first-order valence-corrected chi connectivity index (χ1v) is 8.07. The normalized spacial score (nSPS) is 17.3. The number of likely N-dealkylation sites (tertiary alicyclic amines) is 1. The number of urea groups is 1. The highest BCUT2D eigenvalue weighted by atomic mass is 32.1. The van der Waals surface area contributed by atoms with Crippen LogP contribution in [0.5, 0.6) is 0 Å². The molecule has 0 spiro atoms. The van der Waals surface area contributed by atoms with Crippen LogP contribution in [0.4, 0.5) is 10.5 Å². The van der Waals surface area contributed by atoms with Crippen molar-refractivity contribution in [1.82, 2.24) is 19.7 Å². The first kappa shape index (κ1) is 15.5. The quantitative estimate of drug-likeness (QED) is 0.867. The van der Waals surface area contributed by atoms with Crippen molar-refractivity contribution in [2.24, 2.45) is 7.05 Å². The van der Waals surface area contributed by atoms with Crippen molar-refractivity contribution in [3.63, 3.8) is 0 Å². The molecule has 0 unspecified atom stereocenters. The predicted octanol–water partition coefficient (Wildman–Crippen LogP) is 2.03. The molecule has 0 bridgehead atoms. The van der Waals surface area contributed by atoms with Crippen molar-refractivity contribution in [1.29, 1.82) is 0 Å². The molecular formula is C14H17N5O3S. The van der Waals surface area contributed by atoms with Crippen molar-refractivity contribution in [3.8, 4) is 0 Å². The van der Waals surface area contributed by atoms with Crippen LogP contribution < -0.4 is 5.32 Å². The van der Waals surface area contributed by atoms with Crippen molar-refractivity contribution >= 4 is 29.0 Å². The summed E-state index contributed by atoms with van der Waals surface area (Å²) < 4.78 is 6.54. The molecule has 9 heteroatoms. The Balaban J connectivity index is 1.77. The van der Waals surface area contributed by atoms with Crippen LogP contribution in [0.1, 0.15) is 34.4 Å². The Bertz CT molecular complexity index is 726. The fourth-order valence-corrected chi connectivity index (χ4v) is 3.48. The van der Waals surface area contributed by atoms with Gasteiger partial charge in [0.1, 0.15) is 11.2 Å². The van der Waals surface area contributed by atoms with Crippen molar-refractivity contribution in [2.75, 3.05) is 19.0 Å². The average Bonchev–Trinajstić information content (AvgIpc) is 3.25. The summed E-state index contributed by atoms with van der Waals surface area (Å²) in [6, 6.07) is 1.34. The number of thiophene rings is 1. The first-order chi connectivity index (χ1) is 11.1. The molecule has 1 fully saturated rings. The van der Waals surface area contributed by atoms with Crippen LogP contribution in [0, 0.1) is 0 Å². The van der Waals surface area contributed by atoms with Gasteiger partial charge in [0.25, 0.3) is 0 Å². The van der Waals surface area contributed by atoms with Gasteiger partial charge in [-0.15, -0.1) is 21.5 Å². The van der Waals surface area contributed by atoms with Gasteiger partial charge in [0, 0.05) is 13.6 Å². The van der Waals surface area contributed by atoms with Gasteiger partial charge in [-0.3, -0.25) is 0 Å². The standard InChI is InChI=1S/C14H17N5O3S/c1-18-8-15-17-12(18)10-4-3-6-19(10)14(21)16-9-5-7-23-11(9)13(20)22-2/h5,7-8,10H,3-4,6H2,1-2H3,(H,16,21)/t10-/m1/s1. The lowest BCUT2D eigenvalue weighted by molar-refractivity contribution is 0.0607. The number of aromatic nitrogens is 3. The zero-order chi connectivity index (χ0) is 16.4. The summed E-state index contributed by atoms with van der Waals surface area (Å²) >= 11 is 1.23. The van der Waals surface area contributed by atoms with E-state index in [1.807, 2.05) is 11.6 Å². The molecule has 0 saturated carbocycles. The number of carbonyl (C=O) groups excluding carboxylic acids is 2. The Hall–Kier alpha value is -2.42. The minimum Gasteiger partial charge on any atom is -0.465 e. The van der Waals surface area contributed by atoms with Crippen LogP contribution in [0.2, 0.25) is 0 Å². The number of hydrogen-bond donors (Lipinski definition) is 1. The van der Waals surface area contributed by atoms with Crippen LogP contribution in [-0.2, 0) is 11.8 Å². The van der Waals surface area contributed by atoms with E-state index in [1.54, 1.807) is 22.7 Å². The highest BCUT2D eigenvalue weighted by Crippen LogP contribution is 2.31. The number of aryl methyl sites for hydroxylation is 1. The molecule has 23 heavy (non-hydrogen) atoms. The van der Waals surface area contributed by atoms with Crippen LogP contribution in [0.3, 0.4) is 0 Å². The number of esters is 1. The number of ether oxygens (including phenoxy) is 1. The summed E-state index contributed by atoms with van der Waals surface area (Å²) in [5.41, 5.74) is 0.468. The van der Waals surface area contributed by atoms with E-state index in [1.165, 1.54) is 18.4 Å². The number of amides is 2. The Morgan fingerprint density at radius 2 is 2.30 bits per heavy atom. The van der Waals surface area contributed by atoms with Gasteiger partial charge in [-0.25, -0.2) is 9.59 Å². The van der Waals surface area contributed by atoms with Gasteiger partial charge in [0.05, 0.1) is 18.8 Å². The molecule has 2 aromatic heterocycles. The number of carbonyl (C=O) groups is 2. The van der Waals surface area contributed by atoms with E-state index in [0.717, 1.165) is 18.7 Å². The number of rotatable bonds is 3. The molecule has 1 aliphatic rings. The van der Waals surface area contributed by atoms with E-state index in [2.05, 4.69) is 15.5 Å². The number of hydrogen-bond acceptors (Lipinski definition) is 6. The van der Waals surface area contributed by atoms with E-state index in [4.69, 9.17) is 4.74 Å². The number of nitrogens with one attached hydrogen (secondary N) is 1. The van der Waals surface area contributed by atoms with Gasteiger partial charge in [-0.2, -0.15) is 0 Å². The fourth-order valence-electron chi connectivity index (χ4n) is 2.72. The maximum absolute atomic E-state index is 12.6. The smallest absolute Gasteiger partial charge is 0.350 e. The lowest BCUT2D eigenvalue weighted by Gasteiger charge is -2.24. The summed E-state index contributed by atoms with van der Waals surface area (Å²) in [5.74, 6) is 0.303. The Labute approximate surface area is 137 Å². The second-order valence-electron chi connectivity index (χ2n) is 5.24. The van der Waals surface area contributed by atoms with Crippen molar-refractivity contribution < 1.29 is 14.3 Å². The molecular weight excluding hydrogens is 318 g/mol. The molecule has 1 aliphatic heterocycles. The second-order valence-corrected chi connectivity index (χ2v) is 6.15. The maximum atomic E-state index is 12.6. The van der Waals surface area contributed by atoms with Crippen molar-refractivity contribution in [2.45, 2.75) is 18.9 Å². The summed E-state index contributed by atoms with van der Waals surface area (Å²) in [4.78, 5) is 26.4. The van der Waals surface area contributed by atoms with E-state index in [-0.39, 0.29) is 12.1 Å². The molecule has 1 N–H and O–H groups in total. The third kappa shape index (κ3) is 2.91. The summed E-state index contributed by atoms with van der Waals surface area (Å²) in [6.07, 6.45) is 3.36. The fraction of sp³-hybridized carbons (Fsp3) is 0.429. The second kappa shape index (κ2) is 6.37. The van der Waals surface area contributed by atoms with Gasteiger partial charge >= 0.3 is 12.0 Å². The van der Waals surface area contributed by atoms with Gasteiger partial charge in [-0.05, 0) is 24.3 Å². The first-order valence-electron chi connectivity index (χ1n) is 7.19. The van der Waals surface area contributed by atoms with Gasteiger partial charge in [0.15, 0.2) is 5.82 Å². The molecule has 2 amide bonds. The molecule has 0 aliphatic carbocycles. The molecule has 3 rings (SSSR count). The number of nitrogens with zero attached hydrogens (tertiary/aromatic N) is 4. The van der Waals surface area contributed by atoms with Crippen LogP contribution in [0.15, 0.2) is 17.8 Å².